The highest BCUT2D eigenvalue weighted by molar-refractivity contribution is 5.46. The molecule has 0 amide bonds. The third-order valence-corrected chi connectivity index (χ3v) is 1.89. The number of nitrogens with zero attached hydrogens (tertiary/aromatic N) is 1. The van der Waals surface area contributed by atoms with Crippen LogP contribution in [-0.2, 0) is 0 Å². The fourth-order valence-electron chi connectivity index (χ4n) is 1.43. The Hall–Kier alpha value is -1.09. The van der Waals surface area contributed by atoms with Crippen molar-refractivity contribution >= 4 is 5.69 Å². The van der Waals surface area contributed by atoms with Gasteiger partial charge >= 0.3 is 0 Å². The third-order valence-electron chi connectivity index (χ3n) is 1.89. The van der Waals surface area contributed by atoms with Crippen molar-refractivity contribution in [2.24, 2.45) is 0 Å². The number of hydrogen-bond donors (Lipinski definition) is 1. The smallest absolute Gasteiger partial charge is 0.146 e. The van der Waals surface area contributed by atoms with Crippen LogP contribution in [0.5, 0.6) is 0 Å². The number of para-hydroxylation sites is 1. The van der Waals surface area contributed by atoms with Crippen molar-refractivity contribution in [3.63, 3.8) is 0 Å². The van der Waals surface area contributed by atoms with Crippen LogP contribution in [0.2, 0.25) is 0 Å². The molecule has 2 nitrogen and oxygen atoms in total. The van der Waals surface area contributed by atoms with Gasteiger partial charge in [-0.25, -0.2) is 4.39 Å². The lowest BCUT2D eigenvalue weighted by Gasteiger charge is -2.27. The zero-order valence-corrected chi connectivity index (χ0v) is 8.79. The Morgan fingerprint density at radius 3 is 2.43 bits per heavy atom. The maximum Gasteiger partial charge on any atom is 0.146 e. The normalized spacial score (nSPS) is 11.5. The third kappa shape index (κ3) is 3.00. The molecule has 0 aliphatic heterocycles. The summed E-state index contributed by atoms with van der Waals surface area (Å²) in [7, 11) is 1.76. The summed E-state index contributed by atoms with van der Waals surface area (Å²) in [6, 6.07) is 6.54. The van der Waals surface area contributed by atoms with Crippen molar-refractivity contribution in [1.29, 1.82) is 0 Å². The van der Waals surface area contributed by atoms with Crippen molar-refractivity contribution in [3.05, 3.63) is 30.1 Å². The molecule has 0 radical (unpaired) electrons. The van der Waals surface area contributed by atoms with E-state index in [9.17, 15) is 9.50 Å². The van der Waals surface area contributed by atoms with E-state index in [1.165, 1.54) is 6.07 Å². The minimum Gasteiger partial charge on any atom is -0.389 e. The Morgan fingerprint density at radius 2 is 1.93 bits per heavy atom. The average molecular weight is 197 g/mol. The highest BCUT2D eigenvalue weighted by atomic mass is 19.1. The molecule has 0 saturated heterocycles. The summed E-state index contributed by atoms with van der Waals surface area (Å²) >= 11 is 0. The predicted octanol–water partition coefficient (Wildman–Crippen LogP) is 2.03. The first kappa shape index (κ1) is 11.0. The van der Waals surface area contributed by atoms with Crippen LogP contribution in [0.15, 0.2) is 24.3 Å². The maximum absolute atomic E-state index is 13.3. The number of anilines is 1. The topological polar surface area (TPSA) is 23.5 Å². The molecule has 0 heterocycles. The largest absolute Gasteiger partial charge is 0.389 e. The second-order valence-corrected chi connectivity index (χ2v) is 4.12. The summed E-state index contributed by atoms with van der Waals surface area (Å²) in [4.78, 5) is 1.70. The van der Waals surface area contributed by atoms with E-state index in [0.29, 0.717) is 12.2 Å². The predicted molar refractivity (Wildman–Crippen MR) is 56.0 cm³/mol. The maximum atomic E-state index is 13.3. The lowest BCUT2D eigenvalue weighted by Crippen LogP contribution is -2.36. The van der Waals surface area contributed by atoms with E-state index in [4.69, 9.17) is 0 Å². The first-order valence-corrected chi connectivity index (χ1v) is 4.58. The zero-order chi connectivity index (χ0) is 10.8. The minimum absolute atomic E-state index is 0.265. The summed E-state index contributed by atoms with van der Waals surface area (Å²) < 4.78 is 13.3. The molecule has 0 bridgehead atoms. The van der Waals surface area contributed by atoms with Crippen LogP contribution in [0.4, 0.5) is 10.1 Å². The van der Waals surface area contributed by atoms with Gasteiger partial charge in [0.2, 0.25) is 0 Å². The number of benzene rings is 1. The SMILES string of the molecule is CN(CC(C)(C)O)c1ccccc1F. The Kier molecular flexibility index (Phi) is 3.11. The minimum atomic E-state index is -0.822. The molecule has 1 N–H and O–H groups in total. The molecule has 1 aromatic carbocycles. The first-order valence-electron chi connectivity index (χ1n) is 4.58. The highest BCUT2D eigenvalue weighted by Gasteiger charge is 2.17. The average Bonchev–Trinajstić information content (AvgIpc) is 2.01. The van der Waals surface area contributed by atoms with Gasteiger partial charge in [-0.1, -0.05) is 12.1 Å². The number of hydrogen-bond acceptors (Lipinski definition) is 2. The van der Waals surface area contributed by atoms with Gasteiger partial charge < -0.3 is 10.0 Å². The van der Waals surface area contributed by atoms with Crippen LogP contribution in [0.1, 0.15) is 13.8 Å². The molecule has 3 heteroatoms. The van der Waals surface area contributed by atoms with Crippen molar-refractivity contribution in [2.75, 3.05) is 18.5 Å². The van der Waals surface area contributed by atoms with E-state index in [1.807, 2.05) is 0 Å². The number of halogens is 1. The lowest BCUT2D eigenvalue weighted by molar-refractivity contribution is 0.0885. The van der Waals surface area contributed by atoms with Crippen molar-refractivity contribution in [2.45, 2.75) is 19.4 Å². The van der Waals surface area contributed by atoms with E-state index >= 15 is 0 Å². The molecule has 0 aromatic heterocycles. The molecule has 0 spiro atoms. The molecule has 0 unspecified atom stereocenters. The van der Waals surface area contributed by atoms with Crippen molar-refractivity contribution in [3.8, 4) is 0 Å². The molecule has 0 aliphatic rings. The zero-order valence-electron chi connectivity index (χ0n) is 8.79. The molecule has 78 valence electrons. The van der Waals surface area contributed by atoms with Gasteiger partial charge in [-0.05, 0) is 26.0 Å². The summed E-state index contributed by atoms with van der Waals surface area (Å²) in [6.45, 7) is 3.79. The molecule has 1 aromatic rings. The van der Waals surface area contributed by atoms with Gasteiger partial charge in [0.1, 0.15) is 5.82 Å². The quantitative estimate of drug-likeness (QED) is 0.801. The van der Waals surface area contributed by atoms with Crippen LogP contribution in [0, 0.1) is 5.82 Å². The monoisotopic (exact) mass is 197 g/mol. The van der Waals surface area contributed by atoms with E-state index in [0.717, 1.165) is 0 Å². The molecule has 0 atom stereocenters. The molecule has 0 aliphatic carbocycles. The van der Waals surface area contributed by atoms with E-state index in [-0.39, 0.29) is 5.82 Å². The summed E-state index contributed by atoms with van der Waals surface area (Å²) in [6.07, 6.45) is 0. The van der Waals surface area contributed by atoms with Crippen LogP contribution >= 0.6 is 0 Å². The van der Waals surface area contributed by atoms with Gasteiger partial charge in [0, 0.05) is 13.6 Å². The standard InChI is InChI=1S/C11H16FNO/c1-11(2,14)8-13(3)10-7-5-4-6-9(10)12/h4-7,14H,8H2,1-3H3. The fourth-order valence-corrected chi connectivity index (χ4v) is 1.43. The summed E-state index contributed by atoms with van der Waals surface area (Å²) in [5.41, 5.74) is -0.313. The molecule has 0 fully saturated rings. The van der Waals surface area contributed by atoms with Crippen molar-refractivity contribution in [1.82, 2.24) is 0 Å². The Balaban J connectivity index is 2.80. The Morgan fingerprint density at radius 1 is 1.36 bits per heavy atom. The van der Waals surface area contributed by atoms with Gasteiger partial charge in [0.05, 0.1) is 11.3 Å². The summed E-state index contributed by atoms with van der Waals surface area (Å²) in [5, 5.41) is 9.58. The van der Waals surface area contributed by atoms with Gasteiger partial charge in [-0.3, -0.25) is 0 Å². The second-order valence-electron chi connectivity index (χ2n) is 4.12. The van der Waals surface area contributed by atoms with Crippen molar-refractivity contribution < 1.29 is 9.50 Å². The van der Waals surface area contributed by atoms with Crippen LogP contribution in [0.25, 0.3) is 0 Å². The molecule has 14 heavy (non-hydrogen) atoms. The highest BCUT2D eigenvalue weighted by Crippen LogP contribution is 2.18. The molecule has 1 rings (SSSR count). The molecular weight excluding hydrogens is 181 g/mol. The lowest BCUT2D eigenvalue weighted by atomic mass is 10.1. The Labute approximate surface area is 84.0 Å². The van der Waals surface area contributed by atoms with Crippen LogP contribution < -0.4 is 4.90 Å². The van der Waals surface area contributed by atoms with Gasteiger partial charge in [0.25, 0.3) is 0 Å². The Bertz CT molecular complexity index is 306. The van der Waals surface area contributed by atoms with Crippen LogP contribution in [-0.4, -0.2) is 24.3 Å². The van der Waals surface area contributed by atoms with Gasteiger partial charge in [-0.2, -0.15) is 0 Å². The molecular formula is C11H16FNO. The van der Waals surface area contributed by atoms with Gasteiger partial charge in [-0.15, -0.1) is 0 Å². The number of likely N-dealkylation sites (N-methyl/N-ethyl adjacent to an activating group) is 1. The second kappa shape index (κ2) is 3.96. The first-order chi connectivity index (χ1) is 6.40. The fraction of sp³-hybridized carbons (Fsp3) is 0.455. The van der Waals surface area contributed by atoms with Crippen LogP contribution in [0.3, 0.4) is 0 Å². The van der Waals surface area contributed by atoms with Gasteiger partial charge in [0.15, 0.2) is 0 Å². The van der Waals surface area contributed by atoms with E-state index < -0.39 is 5.60 Å². The number of aliphatic hydroxyl groups is 1. The van der Waals surface area contributed by atoms with E-state index in [1.54, 1.807) is 44.0 Å². The number of rotatable bonds is 3. The summed E-state index contributed by atoms with van der Waals surface area (Å²) in [5.74, 6) is -0.265. The molecule has 0 saturated carbocycles. The van der Waals surface area contributed by atoms with E-state index in [2.05, 4.69) is 0 Å².